The fraction of sp³-hybridized carbons (Fsp3) is 0.956. The van der Waals surface area contributed by atoms with Crippen LogP contribution in [0.25, 0.3) is 0 Å². The molecule has 10 heteroatoms. The number of carboxylic acid groups (broad SMARTS) is 1. The molecule has 314 valence electrons. The van der Waals surface area contributed by atoms with E-state index in [-0.39, 0.29) is 62.7 Å². The molecule has 7 fully saturated rings. The Labute approximate surface area is 333 Å². The number of hydrogen-bond acceptors (Lipinski definition) is 8. The van der Waals surface area contributed by atoms with Crippen molar-refractivity contribution >= 4 is 21.8 Å². The summed E-state index contributed by atoms with van der Waals surface area (Å²) in [6, 6.07) is -0.0972. The third-order valence-electron chi connectivity index (χ3n) is 19.5. The highest BCUT2D eigenvalue weighted by Crippen LogP contribution is 2.76. The monoisotopic (exact) mass is 789 g/mol. The Kier molecular flexibility index (Phi) is 10.6. The van der Waals surface area contributed by atoms with E-state index in [0.717, 1.165) is 25.7 Å². The number of aliphatic hydroxyl groups excluding tert-OH is 1. The second-order valence-corrected chi connectivity index (χ2v) is 24.8. The highest BCUT2D eigenvalue weighted by molar-refractivity contribution is 7.91. The van der Waals surface area contributed by atoms with Crippen molar-refractivity contribution in [2.24, 2.45) is 74.4 Å². The van der Waals surface area contributed by atoms with E-state index in [1.54, 1.807) is 0 Å². The molecule has 7 rings (SSSR count). The average molecular weight is 789 g/mol. The molecule has 1 aliphatic heterocycles. The van der Waals surface area contributed by atoms with Crippen LogP contribution in [0.5, 0.6) is 0 Å². The number of carbonyl (C=O) groups is 2. The predicted octanol–water partition coefficient (Wildman–Crippen LogP) is 7.20. The van der Waals surface area contributed by atoms with Gasteiger partial charge in [0.15, 0.2) is 9.84 Å². The van der Waals surface area contributed by atoms with Crippen LogP contribution in [-0.4, -0.2) is 90.4 Å². The molecule has 7 aliphatic rings. The molecule has 0 unspecified atom stereocenters. The van der Waals surface area contributed by atoms with Crippen molar-refractivity contribution in [1.29, 1.82) is 0 Å². The summed E-state index contributed by atoms with van der Waals surface area (Å²) in [6.45, 7) is 24.9. The summed E-state index contributed by atoms with van der Waals surface area (Å²) in [5.74, 6) is 2.01. The number of nitrogens with one attached hydrogen (secondary N) is 1. The zero-order valence-electron chi connectivity index (χ0n) is 36.0. The number of ether oxygens (including phenoxy) is 1. The van der Waals surface area contributed by atoms with Gasteiger partial charge in [-0.3, -0.25) is 14.5 Å². The number of esters is 1. The summed E-state index contributed by atoms with van der Waals surface area (Å²) >= 11 is 0. The van der Waals surface area contributed by atoms with Crippen molar-refractivity contribution in [3.8, 4) is 0 Å². The normalized spacial score (nSPS) is 46.9. The minimum absolute atomic E-state index is 0.0435. The van der Waals surface area contributed by atoms with Crippen LogP contribution in [0.1, 0.15) is 140 Å². The second kappa shape index (κ2) is 13.9. The molecule has 0 radical (unpaired) electrons. The second-order valence-electron chi connectivity index (χ2n) is 22.5. The lowest BCUT2D eigenvalue weighted by molar-refractivity contribution is -0.249. The van der Waals surface area contributed by atoms with Crippen molar-refractivity contribution in [2.75, 3.05) is 31.1 Å². The lowest BCUT2D eigenvalue weighted by Crippen LogP contribution is -2.69. The van der Waals surface area contributed by atoms with Crippen molar-refractivity contribution in [3.63, 3.8) is 0 Å². The number of rotatable bonds is 9. The first kappa shape index (κ1) is 41.9. The molecule has 1 saturated heterocycles. The van der Waals surface area contributed by atoms with Crippen LogP contribution in [0.2, 0.25) is 0 Å². The molecule has 0 aromatic carbocycles. The molecule has 0 spiro atoms. The Balaban J connectivity index is 1.10. The Bertz CT molecular complexity index is 1600. The van der Waals surface area contributed by atoms with Crippen LogP contribution in [-0.2, 0) is 24.2 Å². The lowest BCUT2D eigenvalue weighted by Gasteiger charge is -2.73. The quantitative estimate of drug-likeness (QED) is 0.208. The Morgan fingerprint density at radius 1 is 0.800 bits per heavy atom. The Hall–Kier alpha value is -1.23. The standard InChI is InChI=1S/C45H76N2O7S/c1-27(2)29-13-18-45(46-26-33(28(3)48)47-21-23-55(52,53)24-22-47)20-19-43(9)30(37(29)45)11-12-35-42(8)16-15-36(41(6,7)34(42)14-17-44(35,43)10)54-39(51)32-25-31(38(49)50)40(32,4)5/h27-37,46,48H,11-26H2,1-10H3,(H,49,50)/t28-,29-,30+,31-,32+,33-,34-,35+,36-,37+,42-,43+,44+,45-/m0/s1. The molecule has 6 aliphatic carbocycles. The Morgan fingerprint density at radius 3 is 2.07 bits per heavy atom. The van der Waals surface area contributed by atoms with E-state index in [2.05, 4.69) is 58.7 Å². The number of aliphatic hydroxyl groups is 1. The van der Waals surface area contributed by atoms with Crippen molar-refractivity contribution in [1.82, 2.24) is 10.2 Å². The van der Waals surface area contributed by atoms with Gasteiger partial charge in [0.25, 0.3) is 0 Å². The zero-order chi connectivity index (χ0) is 40.3. The van der Waals surface area contributed by atoms with E-state index in [1.165, 1.54) is 38.5 Å². The molecular weight excluding hydrogens is 713 g/mol. The zero-order valence-corrected chi connectivity index (χ0v) is 36.8. The summed E-state index contributed by atoms with van der Waals surface area (Å²) in [4.78, 5) is 27.6. The van der Waals surface area contributed by atoms with Gasteiger partial charge in [-0.15, -0.1) is 0 Å². The maximum absolute atomic E-state index is 13.6. The number of aliphatic carboxylic acids is 1. The molecule has 0 amide bonds. The van der Waals surface area contributed by atoms with Crippen LogP contribution >= 0.6 is 0 Å². The van der Waals surface area contributed by atoms with Crippen LogP contribution in [0.15, 0.2) is 0 Å². The topological polar surface area (TPSA) is 133 Å². The summed E-state index contributed by atoms with van der Waals surface area (Å²) in [7, 11) is -2.99. The molecule has 3 N–H and O–H groups in total. The molecule has 55 heavy (non-hydrogen) atoms. The summed E-state index contributed by atoms with van der Waals surface area (Å²) < 4.78 is 31.0. The van der Waals surface area contributed by atoms with E-state index in [0.29, 0.717) is 61.6 Å². The van der Waals surface area contributed by atoms with Crippen molar-refractivity contribution in [3.05, 3.63) is 0 Å². The molecule has 0 bridgehead atoms. The fourth-order valence-corrected chi connectivity index (χ4v) is 17.1. The number of nitrogens with zero attached hydrogens (tertiary/aromatic N) is 1. The average Bonchev–Trinajstić information content (AvgIpc) is 3.46. The van der Waals surface area contributed by atoms with Gasteiger partial charge in [0.1, 0.15) is 6.10 Å². The summed E-state index contributed by atoms with van der Waals surface area (Å²) in [6.07, 6.45) is 11.2. The van der Waals surface area contributed by atoms with Gasteiger partial charge in [-0.1, -0.05) is 62.3 Å². The fourth-order valence-electron chi connectivity index (χ4n) is 15.8. The van der Waals surface area contributed by atoms with Gasteiger partial charge in [0.05, 0.1) is 29.4 Å². The van der Waals surface area contributed by atoms with Crippen molar-refractivity contribution in [2.45, 2.75) is 164 Å². The minimum Gasteiger partial charge on any atom is -0.481 e. The smallest absolute Gasteiger partial charge is 0.309 e. The molecule has 0 aromatic rings. The van der Waals surface area contributed by atoms with Gasteiger partial charge >= 0.3 is 11.9 Å². The van der Waals surface area contributed by atoms with Crippen molar-refractivity contribution < 1.29 is 33.0 Å². The van der Waals surface area contributed by atoms with Crippen LogP contribution < -0.4 is 5.32 Å². The molecule has 0 aromatic heterocycles. The van der Waals surface area contributed by atoms with Gasteiger partial charge in [0, 0.05) is 36.6 Å². The highest BCUT2D eigenvalue weighted by atomic mass is 32.2. The number of carboxylic acids is 1. The number of sulfone groups is 1. The molecular formula is C45H76N2O7S. The molecule has 6 saturated carbocycles. The maximum atomic E-state index is 13.6. The van der Waals surface area contributed by atoms with Gasteiger partial charge in [0.2, 0.25) is 0 Å². The first-order valence-electron chi connectivity index (χ1n) is 22.3. The number of carbonyl (C=O) groups excluding carboxylic acids is 1. The third-order valence-corrected chi connectivity index (χ3v) is 21.1. The van der Waals surface area contributed by atoms with Crippen LogP contribution in [0.3, 0.4) is 0 Å². The predicted molar refractivity (Wildman–Crippen MR) is 216 cm³/mol. The molecule has 9 nitrogen and oxygen atoms in total. The van der Waals surface area contributed by atoms with Gasteiger partial charge in [-0.25, -0.2) is 8.42 Å². The van der Waals surface area contributed by atoms with E-state index >= 15 is 0 Å². The van der Waals surface area contributed by atoms with E-state index < -0.39 is 33.2 Å². The van der Waals surface area contributed by atoms with E-state index in [9.17, 15) is 28.2 Å². The summed E-state index contributed by atoms with van der Waals surface area (Å²) in [5.41, 5.74) is -0.131. The van der Waals surface area contributed by atoms with Gasteiger partial charge in [-0.2, -0.15) is 0 Å². The SMILES string of the molecule is CC(C)[C@@H]1CC[C@]2(NC[C@@H]([C@H](C)O)N3CCS(=O)(=O)CC3)CC[C@]3(C)[C@H](CC[C@@H]4[C@@]5(C)CC[C@H](OC(=O)[C@H]6C[C@@H](C(=O)O)C6(C)C)C(C)(C)[C@@H]5CC[C@]43C)[C@@H]12. The molecule has 1 heterocycles. The highest BCUT2D eigenvalue weighted by Gasteiger charge is 2.71. The molecule has 14 atom stereocenters. The third kappa shape index (κ3) is 6.40. The van der Waals surface area contributed by atoms with Gasteiger partial charge < -0.3 is 20.3 Å². The Morgan fingerprint density at radius 2 is 1.47 bits per heavy atom. The summed E-state index contributed by atoms with van der Waals surface area (Å²) in [5, 5.41) is 24.9. The van der Waals surface area contributed by atoms with E-state index in [4.69, 9.17) is 4.74 Å². The largest absolute Gasteiger partial charge is 0.481 e. The van der Waals surface area contributed by atoms with Gasteiger partial charge in [-0.05, 0) is 135 Å². The first-order chi connectivity index (χ1) is 25.5. The number of fused-ring (bicyclic) bond motifs is 7. The first-order valence-corrected chi connectivity index (χ1v) is 24.1. The van der Waals surface area contributed by atoms with E-state index in [1.807, 2.05) is 20.8 Å². The maximum Gasteiger partial charge on any atom is 0.309 e. The number of hydrogen-bond donors (Lipinski definition) is 3. The van der Waals surface area contributed by atoms with Crippen LogP contribution in [0.4, 0.5) is 0 Å². The minimum atomic E-state index is -2.99. The van der Waals surface area contributed by atoms with Crippen LogP contribution in [0, 0.1) is 74.4 Å². The lowest BCUT2D eigenvalue weighted by atomic mass is 9.32.